The van der Waals surface area contributed by atoms with Gasteiger partial charge in [-0.15, -0.1) is 0 Å². The van der Waals surface area contributed by atoms with Crippen molar-refractivity contribution in [3.8, 4) is 11.5 Å². The first kappa shape index (κ1) is 14.7. The third kappa shape index (κ3) is 3.25. The lowest BCUT2D eigenvalue weighted by molar-refractivity contribution is 0.0697. The highest BCUT2D eigenvalue weighted by molar-refractivity contribution is 5.89. The van der Waals surface area contributed by atoms with Gasteiger partial charge in [-0.25, -0.2) is 4.79 Å². The lowest BCUT2D eigenvalue weighted by Gasteiger charge is -2.19. The number of hydrogen-bond acceptors (Lipinski definition) is 4. The molecule has 0 aliphatic carbocycles. The van der Waals surface area contributed by atoms with E-state index in [9.17, 15) is 15.0 Å². The molecule has 0 aliphatic rings. The number of carboxylic acid groups (broad SMARTS) is 1. The summed E-state index contributed by atoms with van der Waals surface area (Å²) in [6, 6.07) is 8.82. The molecule has 4 N–H and O–H groups in total. The van der Waals surface area contributed by atoms with E-state index in [1.54, 1.807) is 18.2 Å². The van der Waals surface area contributed by atoms with Gasteiger partial charge in [0.1, 0.15) is 11.5 Å². The van der Waals surface area contributed by atoms with Crippen molar-refractivity contribution in [1.29, 1.82) is 0 Å². The van der Waals surface area contributed by atoms with E-state index in [0.29, 0.717) is 11.3 Å². The molecule has 0 radical (unpaired) electrons. The molecule has 0 aromatic heterocycles. The Balaban J connectivity index is 2.31. The second-order valence-corrected chi connectivity index (χ2v) is 4.94. The number of aryl methyl sites for hydroxylation is 1. The zero-order valence-corrected chi connectivity index (χ0v) is 11.8. The van der Waals surface area contributed by atoms with Crippen molar-refractivity contribution in [2.45, 2.75) is 19.9 Å². The van der Waals surface area contributed by atoms with Gasteiger partial charge in [0.25, 0.3) is 0 Å². The average Bonchev–Trinajstić information content (AvgIpc) is 2.43. The molecule has 1 unspecified atom stereocenters. The highest BCUT2D eigenvalue weighted by Gasteiger charge is 2.13. The predicted octanol–water partition coefficient (Wildman–Crippen LogP) is 3.28. The van der Waals surface area contributed by atoms with Gasteiger partial charge in [-0.3, -0.25) is 0 Å². The van der Waals surface area contributed by atoms with Gasteiger partial charge >= 0.3 is 5.97 Å². The number of benzene rings is 2. The molecule has 2 rings (SSSR count). The lowest BCUT2D eigenvalue weighted by atomic mass is 10.0. The fourth-order valence-corrected chi connectivity index (χ4v) is 2.11. The van der Waals surface area contributed by atoms with E-state index < -0.39 is 5.97 Å². The van der Waals surface area contributed by atoms with Crippen molar-refractivity contribution in [2.24, 2.45) is 0 Å². The number of phenolic OH excluding ortho intramolecular Hbond substituents is 2. The Morgan fingerprint density at radius 3 is 2.52 bits per heavy atom. The second-order valence-electron chi connectivity index (χ2n) is 4.94. The fraction of sp³-hybridized carbons (Fsp3) is 0.188. The summed E-state index contributed by atoms with van der Waals surface area (Å²) in [7, 11) is 0. The Morgan fingerprint density at radius 1 is 1.14 bits per heavy atom. The Hall–Kier alpha value is -2.69. The maximum Gasteiger partial charge on any atom is 0.335 e. The van der Waals surface area contributed by atoms with Crippen LogP contribution in [0.5, 0.6) is 11.5 Å². The van der Waals surface area contributed by atoms with Crippen molar-refractivity contribution in [3.63, 3.8) is 0 Å². The molecule has 2 aromatic rings. The van der Waals surface area contributed by atoms with Crippen LogP contribution in [0.1, 0.15) is 34.5 Å². The zero-order chi connectivity index (χ0) is 15.6. The normalized spacial score (nSPS) is 11.9. The summed E-state index contributed by atoms with van der Waals surface area (Å²) in [6.45, 7) is 3.68. The van der Waals surface area contributed by atoms with E-state index >= 15 is 0 Å². The highest BCUT2D eigenvalue weighted by atomic mass is 16.4. The van der Waals surface area contributed by atoms with Crippen LogP contribution in [0, 0.1) is 6.92 Å². The van der Waals surface area contributed by atoms with Gasteiger partial charge in [-0.05, 0) is 49.7 Å². The number of aromatic carboxylic acids is 1. The van der Waals surface area contributed by atoms with E-state index in [-0.39, 0.29) is 23.1 Å². The molecule has 0 fully saturated rings. The number of aromatic hydroxyl groups is 2. The van der Waals surface area contributed by atoms with Crippen LogP contribution >= 0.6 is 0 Å². The summed E-state index contributed by atoms with van der Waals surface area (Å²) in [6.07, 6.45) is 0. The number of carboxylic acids is 1. The summed E-state index contributed by atoms with van der Waals surface area (Å²) in [5, 5.41) is 31.5. The SMILES string of the molecule is Cc1ccc(C(=O)O)cc1NC(C)c1cc(O)ccc1O. The molecule has 1 atom stereocenters. The summed E-state index contributed by atoms with van der Waals surface area (Å²) in [5.41, 5.74) is 2.29. The molecule has 0 bridgehead atoms. The topological polar surface area (TPSA) is 89.8 Å². The largest absolute Gasteiger partial charge is 0.508 e. The standard InChI is InChI=1S/C16H17NO4/c1-9-3-4-11(16(20)21)7-14(9)17-10(2)13-8-12(18)5-6-15(13)19/h3-8,10,17-19H,1-2H3,(H,20,21). The molecule has 0 amide bonds. The average molecular weight is 287 g/mol. The smallest absolute Gasteiger partial charge is 0.335 e. The Bertz CT molecular complexity index is 682. The van der Waals surface area contributed by atoms with Crippen LogP contribution in [0.25, 0.3) is 0 Å². The molecule has 110 valence electrons. The molecule has 0 spiro atoms. The summed E-state index contributed by atoms with van der Waals surface area (Å²) in [4.78, 5) is 11.0. The third-order valence-corrected chi connectivity index (χ3v) is 3.33. The predicted molar refractivity (Wildman–Crippen MR) is 79.9 cm³/mol. The number of carbonyl (C=O) groups is 1. The number of hydrogen-bond donors (Lipinski definition) is 4. The van der Waals surface area contributed by atoms with Crippen molar-refractivity contribution in [3.05, 3.63) is 53.1 Å². The van der Waals surface area contributed by atoms with Crippen LogP contribution in [-0.4, -0.2) is 21.3 Å². The molecule has 0 saturated heterocycles. The fourth-order valence-electron chi connectivity index (χ4n) is 2.11. The van der Waals surface area contributed by atoms with Crippen LogP contribution < -0.4 is 5.32 Å². The molecule has 0 saturated carbocycles. The Morgan fingerprint density at radius 2 is 1.86 bits per heavy atom. The number of rotatable bonds is 4. The maximum absolute atomic E-state index is 11.0. The Labute approximate surface area is 122 Å². The van der Waals surface area contributed by atoms with Gasteiger partial charge in [0.2, 0.25) is 0 Å². The van der Waals surface area contributed by atoms with Gasteiger partial charge in [0.15, 0.2) is 0 Å². The zero-order valence-electron chi connectivity index (χ0n) is 11.8. The first-order chi connectivity index (χ1) is 9.88. The number of anilines is 1. The summed E-state index contributed by atoms with van der Waals surface area (Å²) < 4.78 is 0. The number of phenols is 2. The molecular formula is C16H17NO4. The molecule has 5 nitrogen and oxygen atoms in total. The summed E-state index contributed by atoms with van der Waals surface area (Å²) in [5.74, 6) is -0.863. The van der Waals surface area contributed by atoms with Crippen molar-refractivity contribution in [2.75, 3.05) is 5.32 Å². The van der Waals surface area contributed by atoms with Crippen LogP contribution in [0.4, 0.5) is 5.69 Å². The highest BCUT2D eigenvalue weighted by Crippen LogP contribution is 2.31. The summed E-state index contributed by atoms with van der Waals surface area (Å²) >= 11 is 0. The lowest BCUT2D eigenvalue weighted by Crippen LogP contribution is -2.09. The minimum absolute atomic E-state index is 0.0625. The van der Waals surface area contributed by atoms with Crippen LogP contribution in [-0.2, 0) is 0 Å². The molecule has 5 heteroatoms. The van der Waals surface area contributed by atoms with E-state index in [2.05, 4.69) is 5.32 Å². The van der Waals surface area contributed by atoms with Crippen LogP contribution in [0.2, 0.25) is 0 Å². The van der Waals surface area contributed by atoms with E-state index in [4.69, 9.17) is 5.11 Å². The van der Waals surface area contributed by atoms with Gasteiger partial charge < -0.3 is 20.6 Å². The van der Waals surface area contributed by atoms with Gasteiger partial charge in [0, 0.05) is 11.3 Å². The Kier molecular flexibility index (Phi) is 4.03. The second kappa shape index (κ2) is 5.75. The molecule has 21 heavy (non-hydrogen) atoms. The van der Waals surface area contributed by atoms with Crippen molar-refractivity contribution >= 4 is 11.7 Å². The minimum atomic E-state index is -0.995. The molecule has 2 aromatic carbocycles. The van der Waals surface area contributed by atoms with Crippen LogP contribution in [0.15, 0.2) is 36.4 Å². The van der Waals surface area contributed by atoms with E-state index in [1.165, 1.54) is 18.2 Å². The van der Waals surface area contributed by atoms with Crippen molar-refractivity contribution in [1.82, 2.24) is 0 Å². The van der Waals surface area contributed by atoms with Gasteiger partial charge in [-0.2, -0.15) is 0 Å². The van der Waals surface area contributed by atoms with Crippen molar-refractivity contribution < 1.29 is 20.1 Å². The third-order valence-electron chi connectivity index (χ3n) is 3.33. The maximum atomic E-state index is 11.0. The first-order valence-corrected chi connectivity index (χ1v) is 6.51. The molecular weight excluding hydrogens is 270 g/mol. The van der Waals surface area contributed by atoms with E-state index in [1.807, 2.05) is 13.8 Å². The first-order valence-electron chi connectivity index (χ1n) is 6.51. The van der Waals surface area contributed by atoms with Crippen LogP contribution in [0.3, 0.4) is 0 Å². The monoisotopic (exact) mass is 287 g/mol. The van der Waals surface area contributed by atoms with Gasteiger partial charge in [0.05, 0.1) is 11.6 Å². The molecule has 0 heterocycles. The minimum Gasteiger partial charge on any atom is -0.508 e. The molecule has 0 aliphatic heterocycles. The van der Waals surface area contributed by atoms with E-state index in [0.717, 1.165) is 5.56 Å². The number of nitrogens with one attached hydrogen (secondary N) is 1. The van der Waals surface area contributed by atoms with Gasteiger partial charge in [-0.1, -0.05) is 6.07 Å². The quantitative estimate of drug-likeness (QED) is 0.648.